The molecule has 1 heterocycles. The highest BCUT2D eigenvalue weighted by Crippen LogP contribution is 2.40. The fourth-order valence-corrected chi connectivity index (χ4v) is 3.16. The highest BCUT2D eigenvalue weighted by Gasteiger charge is 2.14. The lowest BCUT2D eigenvalue weighted by molar-refractivity contribution is 0.283. The van der Waals surface area contributed by atoms with E-state index in [0.29, 0.717) is 17.2 Å². The standard InChI is InChI=1S/C21H23NO4/c1-22-12-16(13-23)17-11-14(6-9-18(17)22)5-7-15-8-10-19(24-2)21(26-4)20(15)25-3/h5-12,23H,13H2,1-4H3/b7-5-. The lowest BCUT2D eigenvalue weighted by atomic mass is 10.1. The molecule has 0 spiro atoms. The number of hydrogen-bond acceptors (Lipinski definition) is 4. The maximum absolute atomic E-state index is 9.55. The smallest absolute Gasteiger partial charge is 0.203 e. The lowest BCUT2D eigenvalue weighted by Crippen LogP contribution is -1.96. The average Bonchev–Trinajstić information content (AvgIpc) is 3.00. The minimum Gasteiger partial charge on any atom is -0.493 e. The number of aryl methyl sites for hydroxylation is 1. The van der Waals surface area contributed by atoms with Crippen LogP contribution in [0.2, 0.25) is 0 Å². The number of aliphatic hydroxyl groups excluding tert-OH is 1. The third-order valence-electron chi connectivity index (χ3n) is 4.46. The summed E-state index contributed by atoms with van der Waals surface area (Å²) in [5.74, 6) is 1.82. The first-order chi connectivity index (χ1) is 12.6. The molecule has 3 rings (SSSR count). The van der Waals surface area contributed by atoms with Crippen LogP contribution in [0.4, 0.5) is 0 Å². The fourth-order valence-electron chi connectivity index (χ4n) is 3.16. The Kier molecular flexibility index (Phi) is 5.19. The second kappa shape index (κ2) is 7.54. The first kappa shape index (κ1) is 17.9. The zero-order valence-electron chi connectivity index (χ0n) is 15.4. The summed E-state index contributed by atoms with van der Waals surface area (Å²) in [5, 5.41) is 10.6. The summed E-state index contributed by atoms with van der Waals surface area (Å²) in [7, 11) is 6.78. The Morgan fingerprint density at radius 2 is 1.73 bits per heavy atom. The third kappa shape index (κ3) is 3.13. The van der Waals surface area contributed by atoms with Crippen LogP contribution in [0.1, 0.15) is 16.7 Å². The number of aliphatic hydroxyl groups is 1. The van der Waals surface area contributed by atoms with Gasteiger partial charge in [0.1, 0.15) is 0 Å². The van der Waals surface area contributed by atoms with Crippen molar-refractivity contribution in [3.05, 3.63) is 53.2 Å². The third-order valence-corrected chi connectivity index (χ3v) is 4.46. The first-order valence-corrected chi connectivity index (χ1v) is 8.28. The van der Waals surface area contributed by atoms with Gasteiger partial charge in [-0.15, -0.1) is 0 Å². The number of hydrogen-bond donors (Lipinski definition) is 1. The van der Waals surface area contributed by atoms with E-state index in [1.165, 1.54) is 0 Å². The van der Waals surface area contributed by atoms with Crippen LogP contribution >= 0.6 is 0 Å². The molecular formula is C21H23NO4. The first-order valence-electron chi connectivity index (χ1n) is 8.28. The Balaban J connectivity index is 2.01. The molecule has 0 amide bonds. The molecule has 0 atom stereocenters. The van der Waals surface area contributed by atoms with Crippen molar-refractivity contribution >= 4 is 23.1 Å². The van der Waals surface area contributed by atoms with Crippen molar-refractivity contribution in [1.29, 1.82) is 0 Å². The van der Waals surface area contributed by atoms with Crippen LogP contribution in [0.15, 0.2) is 36.5 Å². The molecule has 0 saturated heterocycles. The largest absolute Gasteiger partial charge is 0.493 e. The van der Waals surface area contributed by atoms with Crippen LogP contribution in [-0.4, -0.2) is 31.0 Å². The monoisotopic (exact) mass is 353 g/mol. The molecule has 0 unspecified atom stereocenters. The van der Waals surface area contributed by atoms with Gasteiger partial charge in [-0.2, -0.15) is 0 Å². The van der Waals surface area contributed by atoms with E-state index in [-0.39, 0.29) is 6.61 Å². The van der Waals surface area contributed by atoms with Gasteiger partial charge in [-0.1, -0.05) is 18.2 Å². The van der Waals surface area contributed by atoms with Crippen LogP contribution in [0, 0.1) is 0 Å². The van der Waals surface area contributed by atoms with E-state index >= 15 is 0 Å². The van der Waals surface area contributed by atoms with E-state index in [9.17, 15) is 5.11 Å². The molecule has 0 aliphatic heterocycles. The van der Waals surface area contributed by atoms with Gasteiger partial charge in [0.15, 0.2) is 11.5 Å². The van der Waals surface area contributed by atoms with Gasteiger partial charge in [0, 0.05) is 35.3 Å². The van der Waals surface area contributed by atoms with E-state index in [1.54, 1.807) is 21.3 Å². The molecule has 3 aromatic rings. The molecule has 1 N–H and O–H groups in total. The topological polar surface area (TPSA) is 52.9 Å². The predicted octanol–water partition coefficient (Wildman–Crippen LogP) is 3.87. The van der Waals surface area contributed by atoms with Crippen molar-refractivity contribution in [1.82, 2.24) is 4.57 Å². The number of ether oxygens (including phenoxy) is 3. The molecule has 0 radical (unpaired) electrons. The van der Waals surface area contributed by atoms with Gasteiger partial charge in [0.25, 0.3) is 0 Å². The Morgan fingerprint density at radius 3 is 2.38 bits per heavy atom. The van der Waals surface area contributed by atoms with Gasteiger partial charge in [-0.25, -0.2) is 0 Å². The predicted molar refractivity (Wildman–Crippen MR) is 104 cm³/mol. The van der Waals surface area contributed by atoms with Gasteiger partial charge in [-0.05, 0) is 29.8 Å². The number of fused-ring (bicyclic) bond motifs is 1. The van der Waals surface area contributed by atoms with E-state index in [2.05, 4.69) is 12.1 Å². The van der Waals surface area contributed by atoms with Crippen molar-refractivity contribution in [3.63, 3.8) is 0 Å². The van der Waals surface area contributed by atoms with E-state index in [4.69, 9.17) is 14.2 Å². The number of methoxy groups -OCH3 is 3. The molecule has 1 aromatic heterocycles. The van der Waals surface area contributed by atoms with Crippen LogP contribution < -0.4 is 14.2 Å². The normalized spacial score (nSPS) is 11.3. The Hall–Kier alpha value is -2.92. The summed E-state index contributed by atoms with van der Waals surface area (Å²) in [6.45, 7) is 0.0218. The summed E-state index contributed by atoms with van der Waals surface area (Å²) < 4.78 is 18.3. The molecule has 26 heavy (non-hydrogen) atoms. The number of nitrogens with zero attached hydrogens (tertiary/aromatic N) is 1. The number of benzene rings is 2. The Bertz CT molecular complexity index is 956. The van der Waals surface area contributed by atoms with E-state index < -0.39 is 0 Å². The van der Waals surface area contributed by atoms with Gasteiger partial charge >= 0.3 is 0 Å². The summed E-state index contributed by atoms with van der Waals surface area (Å²) in [5.41, 5.74) is 3.94. The van der Waals surface area contributed by atoms with Crippen molar-refractivity contribution in [2.24, 2.45) is 7.05 Å². The molecule has 5 heteroatoms. The SMILES string of the molecule is COc1ccc(/C=C\c2ccc3c(c2)c(CO)cn3C)c(OC)c1OC. The molecule has 0 aliphatic carbocycles. The Morgan fingerprint density at radius 1 is 0.962 bits per heavy atom. The summed E-state index contributed by atoms with van der Waals surface area (Å²) >= 11 is 0. The zero-order valence-corrected chi connectivity index (χ0v) is 15.4. The second-order valence-electron chi connectivity index (χ2n) is 5.96. The van der Waals surface area contributed by atoms with Crippen molar-refractivity contribution < 1.29 is 19.3 Å². The quantitative estimate of drug-likeness (QED) is 0.684. The van der Waals surface area contributed by atoms with Crippen LogP contribution in [0.3, 0.4) is 0 Å². The van der Waals surface area contributed by atoms with E-state index in [1.807, 2.05) is 48.2 Å². The lowest BCUT2D eigenvalue weighted by Gasteiger charge is -2.14. The number of rotatable bonds is 6. The van der Waals surface area contributed by atoms with Gasteiger partial charge in [-0.3, -0.25) is 0 Å². The van der Waals surface area contributed by atoms with Crippen LogP contribution in [0.5, 0.6) is 17.2 Å². The molecule has 0 fully saturated rings. The highest BCUT2D eigenvalue weighted by molar-refractivity contribution is 5.87. The fraction of sp³-hybridized carbons (Fsp3) is 0.238. The Labute approximate surface area is 153 Å². The highest BCUT2D eigenvalue weighted by atomic mass is 16.5. The second-order valence-corrected chi connectivity index (χ2v) is 5.96. The maximum Gasteiger partial charge on any atom is 0.203 e. The number of aromatic nitrogens is 1. The van der Waals surface area contributed by atoms with Crippen molar-refractivity contribution in [2.75, 3.05) is 21.3 Å². The van der Waals surface area contributed by atoms with Crippen molar-refractivity contribution in [3.8, 4) is 17.2 Å². The average molecular weight is 353 g/mol. The summed E-state index contributed by atoms with van der Waals surface area (Å²) in [6, 6.07) is 9.96. The van der Waals surface area contributed by atoms with Crippen LogP contribution in [-0.2, 0) is 13.7 Å². The molecule has 0 aliphatic rings. The zero-order chi connectivity index (χ0) is 18.7. The molecule has 0 saturated carbocycles. The molecule has 2 aromatic carbocycles. The van der Waals surface area contributed by atoms with Gasteiger partial charge in [0.2, 0.25) is 5.75 Å². The minimum absolute atomic E-state index is 0.0218. The van der Waals surface area contributed by atoms with Crippen molar-refractivity contribution in [2.45, 2.75) is 6.61 Å². The maximum atomic E-state index is 9.55. The van der Waals surface area contributed by atoms with Gasteiger partial charge < -0.3 is 23.9 Å². The molecular weight excluding hydrogens is 330 g/mol. The van der Waals surface area contributed by atoms with E-state index in [0.717, 1.165) is 27.6 Å². The molecule has 5 nitrogen and oxygen atoms in total. The van der Waals surface area contributed by atoms with Gasteiger partial charge in [0.05, 0.1) is 27.9 Å². The van der Waals surface area contributed by atoms with Crippen LogP contribution in [0.25, 0.3) is 23.1 Å². The molecule has 0 bridgehead atoms. The minimum atomic E-state index is 0.0218. The summed E-state index contributed by atoms with van der Waals surface area (Å²) in [6.07, 6.45) is 5.94. The molecule has 136 valence electrons. The summed E-state index contributed by atoms with van der Waals surface area (Å²) in [4.78, 5) is 0.